The number of aromatic nitrogens is 2. The van der Waals surface area contributed by atoms with Crippen molar-refractivity contribution >= 4 is 12.1 Å². The first-order chi connectivity index (χ1) is 14.0. The number of alkyl carbamates (subject to hydrolysis) is 1. The molecule has 148 valence electrons. The first-order valence-electron chi connectivity index (χ1n) is 9.30. The molecule has 1 atom stereocenters. The van der Waals surface area contributed by atoms with Crippen molar-refractivity contribution in [1.29, 1.82) is 0 Å². The van der Waals surface area contributed by atoms with E-state index in [-0.39, 0.29) is 12.5 Å². The first-order valence-corrected chi connectivity index (χ1v) is 9.30. The van der Waals surface area contributed by atoms with Gasteiger partial charge in [-0.15, -0.1) is 0 Å². The Labute approximate surface area is 167 Å². The summed E-state index contributed by atoms with van der Waals surface area (Å²) >= 11 is 0. The fraction of sp³-hybridized carbons (Fsp3) is 0.227. The van der Waals surface area contributed by atoms with Gasteiger partial charge in [0.05, 0.1) is 5.69 Å². The second-order valence-corrected chi connectivity index (χ2v) is 7.08. The lowest BCUT2D eigenvalue weighted by molar-refractivity contribution is -0.139. The van der Waals surface area contributed by atoms with Crippen LogP contribution in [0.5, 0.6) is 0 Å². The van der Waals surface area contributed by atoms with Gasteiger partial charge in [-0.1, -0.05) is 48.5 Å². The quantitative estimate of drug-likeness (QED) is 0.695. The van der Waals surface area contributed by atoms with Gasteiger partial charge in [-0.05, 0) is 29.2 Å². The number of ether oxygens (including phenoxy) is 1. The van der Waals surface area contributed by atoms with Crippen LogP contribution in [0.4, 0.5) is 4.79 Å². The number of aryl methyl sites for hydroxylation is 2. The number of hydrogen-bond acceptors (Lipinski definition) is 4. The van der Waals surface area contributed by atoms with Gasteiger partial charge in [0, 0.05) is 24.7 Å². The van der Waals surface area contributed by atoms with Crippen LogP contribution in [0.3, 0.4) is 0 Å². The van der Waals surface area contributed by atoms with Crippen LogP contribution in [0, 0.1) is 6.92 Å². The van der Waals surface area contributed by atoms with E-state index in [1.54, 1.807) is 20.2 Å². The standard InChI is InChI=1S/C22H21N3O4/c1-13-18(11-25(2)24-13)20(21(26)27)23-22(28)29-12-19-16-9-5-3-7-14(16)15-8-4-6-10-17(15)19/h3-11,19-20H,12H2,1-2H3,(H,23,28)(H,26,27)/t20-/m1/s1. The molecule has 0 saturated carbocycles. The first kappa shape index (κ1) is 18.7. The number of benzene rings is 2. The third-order valence-corrected chi connectivity index (χ3v) is 5.22. The highest BCUT2D eigenvalue weighted by Gasteiger charge is 2.30. The van der Waals surface area contributed by atoms with Gasteiger partial charge >= 0.3 is 12.1 Å². The minimum atomic E-state index is -1.22. The van der Waals surface area contributed by atoms with E-state index in [2.05, 4.69) is 22.5 Å². The van der Waals surface area contributed by atoms with Crippen molar-refractivity contribution in [3.63, 3.8) is 0 Å². The van der Waals surface area contributed by atoms with Gasteiger partial charge in [-0.2, -0.15) is 5.10 Å². The summed E-state index contributed by atoms with van der Waals surface area (Å²) in [5.41, 5.74) is 5.42. The largest absolute Gasteiger partial charge is 0.479 e. The number of fused-ring (bicyclic) bond motifs is 3. The van der Waals surface area contributed by atoms with E-state index in [1.165, 1.54) is 4.68 Å². The number of hydrogen-bond donors (Lipinski definition) is 2. The molecule has 0 unspecified atom stereocenters. The molecule has 0 radical (unpaired) electrons. The summed E-state index contributed by atoms with van der Waals surface area (Å²) in [4.78, 5) is 24.1. The second kappa shape index (κ2) is 7.43. The Morgan fingerprint density at radius 3 is 2.24 bits per heavy atom. The molecule has 2 aromatic carbocycles. The average molecular weight is 391 g/mol. The van der Waals surface area contributed by atoms with E-state index in [0.29, 0.717) is 11.3 Å². The topological polar surface area (TPSA) is 93.5 Å². The van der Waals surface area contributed by atoms with Gasteiger partial charge in [0.15, 0.2) is 6.04 Å². The fourth-order valence-electron chi connectivity index (χ4n) is 3.93. The SMILES string of the molecule is Cc1nn(C)cc1[C@@H](NC(=O)OCC1c2ccccc2-c2ccccc21)C(=O)O. The lowest BCUT2D eigenvalue weighted by Gasteiger charge is -2.17. The summed E-state index contributed by atoms with van der Waals surface area (Å²) in [6.07, 6.45) is 0.806. The van der Waals surface area contributed by atoms with Crippen molar-refractivity contribution in [2.24, 2.45) is 7.05 Å². The number of carbonyl (C=O) groups excluding carboxylic acids is 1. The molecule has 0 aliphatic heterocycles. The van der Waals surface area contributed by atoms with Crippen LogP contribution < -0.4 is 5.32 Å². The third-order valence-electron chi connectivity index (χ3n) is 5.22. The monoisotopic (exact) mass is 391 g/mol. The Bertz CT molecular complexity index is 1040. The number of carboxylic acid groups (broad SMARTS) is 1. The van der Waals surface area contributed by atoms with E-state index in [0.717, 1.165) is 22.3 Å². The van der Waals surface area contributed by atoms with Gasteiger partial charge in [0.1, 0.15) is 6.61 Å². The second-order valence-electron chi connectivity index (χ2n) is 7.08. The van der Waals surface area contributed by atoms with E-state index < -0.39 is 18.1 Å². The van der Waals surface area contributed by atoms with Gasteiger partial charge in [0.25, 0.3) is 0 Å². The molecule has 0 spiro atoms. The van der Waals surface area contributed by atoms with Crippen molar-refractivity contribution in [3.8, 4) is 11.1 Å². The zero-order valence-corrected chi connectivity index (χ0v) is 16.1. The highest BCUT2D eigenvalue weighted by Crippen LogP contribution is 2.44. The van der Waals surface area contributed by atoms with Crippen molar-refractivity contribution < 1.29 is 19.4 Å². The number of aliphatic carboxylic acids is 1. The molecule has 1 aliphatic carbocycles. The van der Waals surface area contributed by atoms with Crippen LogP contribution in [-0.2, 0) is 16.6 Å². The summed E-state index contributed by atoms with van der Waals surface area (Å²) in [7, 11) is 1.70. The van der Waals surface area contributed by atoms with Gasteiger partial charge in [0.2, 0.25) is 0 Å². The van der Waals surface area contributed by atoms with Crippen LogP contribution in [0.15, 0.2) is 54.7 Å². The molecule has 1 aromatic heterocycles. The maximum atomic E-state index is 12.4. The van der Waals surface area contributed by atoms with Crippen molar-refractivity contribution in [2.75, 3.05) is 6.61 Å². The lowest BCUT2D eigenvalue weighted by Crippen LogP contribution is -2.35. The number of nitrogens with zero attached hydrogens (tertiary/aromatic N) is 2. The predicted octanol–water partition coefficient (Wildman–Crippen LogP) is 3.39. The van der Waals surface area contributed by atoms with Crippen LogP contribution in [0.25, 0.3) is 11.1 Å². The van der Waals surface area contributed by atoms with Crippen LogP contribution in [0.2, 0.25) is 0 Å². The Kier molecular flexibility index (Phi) is 4.80. The molecule has 7 heteroatoms. The van der Waals surface area contributed by atoms with E-state index in [9.17, 15) is 14.7 Å². The zero-order valence-electron chi connectivity index (χ0n) is 16.1. The summed E-state index contributed by atoms with van der Waals surface area (Å²) < 4.78 is 6.96. The maximum Gasteiger partial charge on any atom is 0.408 e. The summed E-state index contributed by atoms with van der Waals surface area (Å²) in [5.74, 6) is -1.26. The molecule has 29 heavy (non-hydrogen) atoms. The Morgan fingerprint density at radius 2 is 1.72 bits per heavy atom. The Hall–Kier alpha value is -3.61. The molecule has 1 heterocycles. The smallest absolute Gasteiger partial charge is 0.408 e. The molecule has 0 saturated heterocycles. The van der Waals surface area contributed by atoms with Gasteiger partial charge in [-0.25, -0.2) is 9.59 Å². The van der Waals surface area contributed by atoms with Gasteiger partial charge < -0.3 is 15.2 Å². The molecular formula is C22H21N3O4. The minimum Gasteiger partial charge on any atom is -0.479 e. The van der Waals surface area contributed by atoms with E-state index in [1.807, 2.05) is 36.4 Å². The third kappa shape index (κ3) is 3.47. The van der Waals surface area contributed by atoms with Gasteiger partial charge in [-0.3, -0.25) is 4.68 Å². The maximum absolute atomic E-state index is 12.4. The molecule has 1 amide bonds. The van der Waals surface area contributed by atoms with Crippen molar-refractivity contribution in [1.82, 2.24) is 15.1 Å². The summed E-state index contributed by atoms with van der Waals surface area (Å²) in [6, 6.07) is 14.8. The molecular weight excluding hydrogens is 370 g/mol. The predicted molar refractivity (Wildman–Crippen MR) is 107 cm³/mol. The minimum absolute atomic E-state index is 0.0865. The zero-order chi connectivity index (χ0) is 20.5. The molecule has 1 aliphatic rings. The number of rotatable bonds is 5. The summed E-state index contributed by atoms with van der Waals surface area (Å²) in [5, 5.41) is 16.1. The number of carboxylic acids is 1. The Balaban J connectivity index is 1.50. The van der Waals surface area contributed by atoms with Crippen molar-refractivity contribution in [3.05, 3.63) is 77.1 Å². The Morgan fingerprint density at radius 1 is 1.14 bits per heavy atom. The normalized spacial score (nSPS) is 13.4. The van der Waals surface area contributed by atoms with Crippen LogP contribution in [0.1, 0.15) is 34.3 Å². The molecule has 4 rings (SSSR count). The molecule has 2 N–H and O–H groups in total. The summed E-state index contributed by atoms with van der Waals surface area (Å²) in [6.45, 7) is 1.82. The van der Waals surface area contributed by atoms with Crippen LogP contribution in [-0.4, -0.2) is 33.6 Å². The van der Waals surface area contributed by atoms with E-state index >= 15 is 0 Å². The fourth-order valence-corrected chi connectivity index (χ4v) is 3.93. The highest BCUT2D eigenvalue weighted by molar-refractivity contribution is 5.82. The average Bonchev–Trinajstić information content (AvgIpc) is 3.20. The highest BCUT2D eigenvalue weighted by atomic mass is 16.5. The molecule has 7 nitrogen and oxygen atoms in total. The molecule has 0 bridgehead atoms. The molecule has 3 aromatic rings. The van der Waals surface area contributed by atoms with Crippen LogP contribution >= 0.6 is 0 Å². The number of carbonyl (C=O) groups is 2. The van der Waals surface area contributed by atoms with E-state index in [4.69, 9.17) is 4.74 Å². The number of nitrogens with one attached hydrogen (secondary N) is 1. The number of amides is 1. The van der Waals surface area contributed by atoms with Crippen molar-refractivity contribution in [2.45, 2.75) is 18.9 Å². The lowest BCUT2D eigenvalue weighted by atomic mass is 9.98. The molecule has 0 fully saturated rings.